The van der Waals surface area contributed by atoms with Crippen molar-refractivity contribution in [1.82, 2.24) is 0 Å². The van der Waals surface area contributed by atoms with E-state index in [0.29, 0.717) is 21.5 Å². The number of benzene rings is 2. The lowest BCUT2D eigenvalue weighted by atomic mass is 9.78. The van der Waals surface area contributed by atoms with Crippen LogP contribution in [-0.4, -0.2) is 26.1 Å². The number of phenols is 1. The van der Waals surface area contributed by atoms with E-state index in [1.165, 1.54) is 14.2 Å². The quantitative estimate of drug-likeness (QED) is 0.420. The lowest BCUT2D eigenvalue weighted by Crippen LogP contribution is -2.19. The van der Waals surface area contributed by atoms with E-state index in [0.717, 1.165) is 16.7 Å². The number of halogens is 1. The first kappa shape index (κ1) is 25.1. The van der Waals surface area contributed by atoms with Crippen LogP contribution in [-0.2, 0) is 24.4 Å². The average molecular weight is 527 g/mol. The van der Waals surface area contributed by atoms with Crippen molar-refractivity contribution in [2.24, 2.45) is 0 Å². The van der Waals surface area contributed by atoms with Gasteiger partial charge < -0.3 is 23.6 Å². The number of fused-ring (bicyclic) bond motifs is 1. The Kier molecular flexibility index (Phi) is 6.81. The summed E-state index contributed by atoms with van der Waals surface area (Å²) < 4.78 is 36.7. The zero-order chi connectivity index (χ0) is 24.1. The number of ether oxygens (including phenoxy) is 2. The molecule has 0 radical (unpaired) electrons. The second-order valence-electron chi connectivity index (χ2n) is 10.00. The molecule has 2 aromatic carbocycles. The third-order valence-electron chi connectivity index (χ3n) is 5.68. The van der Waals surface area contributed by atoms with Crippen LogP contribution in [0.25, 0.3) is 0 Å². The first-order chi connectivity index (χ1) is 14.7. The van der Waals surface area contributed by atoms with Gasteiger partial charge in [0.05, 0.1) is 0 Å². The highest BCUT2D eigenvalue weighted by Gasteiger charge is 2.41. The molecule has 0 amide bonds. The van der Waals surface area contributed by atoms with Crippen LogP contribution in [0, 0.1) is 0 Å². The molecule has 8 heteroatoms. The molecule has 0 aliphatic carbocycles. The summed E-state index contributed by atoms with van der Waals surface area (Å²) in [6.07, 6.45) is 0. The van der Waals surface area contributed by atoms with Crippen LogP contribution in [0.4, 0.5) is 0 Å². The largest absolute Gasteiger partial charge is 0.507 e. The van der Waals surface area contributed by atoms with Gasteiger partial charge in [0.2, 0.25) is 6.79 Å². The third-order valence-corrected chi connectivity index (χ3v) is 8.59. The summed E-state index contributed by atoms with van der Waals surface area (Å²) in [4.78, 5) is 0. The first-order valence-corrected chi connectivity index (χ1v) is 12.8. The van der Waals surface area contributed by atoms with Gasteiger partial charge >= 0.3 is 7.60 Å². The van der Waals surface area contributed by atoms with E-state index in [1.54, 1.807) is 6.07 Å². The minimum Gasteiger partial charge on any atom is -0.507 e. The Bertz CT molecular complexity index is 1020. The molecule has 1 N–H and O–H groups in total. The molecule has 0 spiro atoms. The lowest BCUT2D eigenvalue weighted by Gasteiger charge is -2.32. The van der Waals surface area contributed by atoms with Gasteiger partial charge in [0.25, 0.3) is 0 Å². The fourth-order valence-corrected chi connectivity index (χ4v) is 6.29. The molecule has 1 aliphatic rings. The Hall–Kier alpha value is -1.53. The maximum Gasteiger partial charge on any atom is 0.341 e. The molecule has 2 aromatic rings. The molecule has 32 heavy (non-hydrogen) atoms. The monoisotopic (exact) mass is 526 g/mol. The molecular weight excluding hydrogens is 495 g/mol. The average Bonchev–Trinajstić information content (AvgIpc) is 3.14. The zero-order valence-electron chi connectivity index (χ0n) is 19.9. The maximum atomic E-state index is 13.9. The second kappa shape index (κ2) is 8.68. The summed E-state index contributed by atoms with van der Waals surface area (Å²) in [5.41, 5.74) is 1.49. The molecule has 1 unspecified atom stereocenters. The minimum absolute atomic E-state index is 0.129. The second-order valence-corrected chi connectivity index (χ2v) is 13.2. The van der Waals surface area contributed by atoms with Crippen molar-refractivity contribution in [1.29, 1.82) is 0 Å². The van der Waals surface area contributed by atoms with Gasteiger partial charge in [0.1, 0.15) is 11.4 Å². The predicted molar refractivity (Wildman–Crippen MR) is 129 cm³/mol. The van der Waals surface area contributed by atoms with Gasteiger partial charge in [-0.05, 0) is 45.2 Å². The molecule has 0 aromatic heterocycles. The van der Waals surface area contributed by atoms with Crippen LogP contribution in [0.5, 0.6) is 17.2 Å². The smallest absolute Gasteiger partial charge is 0.341 e. The van der Waals surface area contributed by atoms with E-state index < -0.39 is 13.3 Å². The Morgan fingerprint density at radius 1 is 0.938 bits per heavy atom. The van der Waals surface area contributed by atoms with E-state index in [2.05, 4.69) is 15.9 Å². The molecule has 1 heterocycles. The molecule has 1 atom stereocenters. The van der Waals surface area contributed by atoms with E-state index in [4.69, 9.17) is 18.5 Å². The first-order valence-electron chi connectivity index (χ1n) is 10.4. The fourth-order valence-electron chi connectivity index (χ4n) is 3.92. The van der Waals surface area contributed by atoms with Crippen molar-refractivity contribution in [3.63, 3.8) is 0 Å². The van der Waals surface area contributed by atoms with Gasteiger partial charge in [0, 0.05) is 18.7 Å². The molecule has 0 saturated heterocycles. The summed E-state index contributed by atoms with van der Waals surface area (Å²) in [5, 5.41) is 11.2. The van der Waals surface area contributed by atoms with Crippen molar-refractivity contribution >= 4 is 23.5 Å². The van der Waals surface area contributed by atoms with Crippen LogP contribution in [0.15, 0.2) is 28.7 Å². The Labute approximate surface area is 198 Å². The molecule has 1 aliphatic heterocycles. The molecule has 176 valence electrons. The lowest BCUT2D eigenvalue weighted by molar-refractivity contribution is 0.174. The van der Waals surface area contributed by atoms with Gasteiger partial charge in [-0.1, -0.05) is 69.6 Å². The highest BCUT2D eigenvalue weighted by molar-refractivity contribution is 9.10. The summed E-state index contributed by atoms with van der Waals surface area (Å²) in [5.74, 6) is 1.43. The number of hydrogen-bond acceptors (Lipinski definition) is 6. The Balaban J connectivity index is 2.38. The van der Waals surface area contributed by atoms with E-state index in [1.807, 2.05) is 59.7 Å². The van der Waals surface area contributed by atoms with E-state index in [-0.39, 0.29) is 23.4 Å². The fraction of sp³-hybridized carbons (Fsp3) is 0.500. The van der Waals surface area contributed by atoms with E-state index >= 15 is 0 Å². The summed E-state index contributed by atoms with van der Waals surface area (Å²) in [6, 6.07) is 7.41. The molecule has 3 rings (SSSR count). The number of phenolic OH excluding ortho intramolecular Hbond substituents is 1. The van der Waals surface area contributed by atoms with E-state index in [9.17, 15) is 9.67 Å². The summed E-state index contributed by atoms with van der Waals surface area (Å²) >= 11 is 3.61. The van der Waals surface area contributed by atoms with Crippen molar-refractivity contribution in [2.45, 2.75) is 58.0 Å². The highest BCUT2D eigenvalue weighted by Crippen LogP contribution is 2.65. The molecule has 0 bridgehead atoms. The topological polar surface area (TPSA) is 74.2 Å². The summed E-state index contributed by atoms with van der Waals surface area (Å²) in [7, 11) is -0.889. The van der Waals surface area contributed by atoms with Crippen LogP contribution >= 0.6 is 23.5 Å². The van der Waals surface area contributed by atoms with Gasteiger partial charge in [-0.2, -0.15) is 0 Å². The zero-order valence-corrected chi connectivity index (χ0v) is 22.4. The van der Waals surface area contributed by atoms with Gasteiger partial charge in [-0.15, -0.1) is 0 Å². The predicted octanol–water partition coefficient (Wildman–Crippen LogP) is 7.05. The Morgan fingerprint density at radius 2 is 1.41 bits per heavy atom. The highest BCUT2D eigenvalue weighted by atomic mass is 79.9. The molecule has 6 nitrogen and oxygen atoms in total. The van der Waals surface area contributed by atoms with Crippen molar-refractivity contribution in [3.8, 4) is 17.2 Å². The van der Waals surface area contributed by atoms with Crippen molar-refractivity contribution in [2.75, 3.05) is 21.0 Å². The van der Waals surface area contributed by atoms with Crippen LogP contribution in [0.3, 0.4) is 0 Å². The Morgan fingerprint density at radius 3 is 1.84 bits per heavy atom. The molecule has 0 fully saturated rings. The minimum atomic E-state index is -3.65. The van der Waals surface area contributed by atoms with Gasteiger partial charge in [-0.25, -0.2) is 0 Å². The van der Waals surface area contributed by atoms with Crippen LogP contribution < -0.4 is 9.47 Å². The van der Waals surface area contributed by atoms with Crippen LogP contribution in [0.2, 0.25) is 0 Å². The van der Waals surface area contributed by atoms with Crippen LogP contribution in [0.1, 0.15) is 69.5 Å². The molecule has 0 saturated carbocycles. The maximum absolute atomic E-state index is 13.9. The number of aromatic hydroxyl groups is 1. The molecular formula is C24H32BrO6P. The summed E-state index contributed by atoms with van der Waals surface area (Å²) in [6.45, 7) is 12.4. The van der Waals surface area contributed by atoms with Crippen molar-refractivity contribution < 1.29 is 28.2 Å². The van der Waals surface area contributed by atoms with Gasteiger partial charge in [-0.3, -0.25) is 4.57 Å². The standard InChI is InChI=1S/C24H32BrO6P/c1-23(2,3)16-9-14(10-17(21(16)26)24(4,5)6)22(32(27,28-7)29-8)15-11-19-20(12-18(15)25)31-13-30-19/h9-12,22,26H,13H2,1-8H3. The number of rotatable bonds is 5. The third kappa shape index (κ3) is 4.58. The van der Waals surface area contributed by atoms with Gasteiger partial charge in [0.15, 0.2) is 11.5 Å². The normalized spacial score (nSPS) is 15.2. The number of hydrogen-bond donors (Lipinski definition) is 1. The SMILES string of the molecule is COP(=O)(OC)C(c1cc(C(C)(C)C)c(O)c(C(C)(C)C)c1)c1cc2c(cc1Br)OCO2. The van der Waals surface area contributed by atoms with Crippen molar-refractivity contribution in [3.05, 3.63) is 51.0 Å².